The molecule has 2 amide bonds. The number of hydrogen-bond acceptors (Lipinski definition) is 6. The highest BCUT2D eigenvalue weighted by Gasteiger charge is 2.30. The zero-order valence-electron chi connectivity index (χ0n) is 19.8. The average Bonchev–Trinajstić information content (AvgIpc) is 3.60. The summed E-state index contributed by atoms with van der Waals surface area (Å²) in [7, 11) is 0. The molecule has 0 saturated heterocycles. The van der Waals surface area contributed by atoms with Gasteiger partial charge in [0.15, 0.2) is 5.76 Å². The molecular weight excluding hydrogens is 486 g/mol. The first kappa shape index (κ1) is 25.2. The first-order valence-corrected chi connectivity index (χ1v) is 11.9. The zero-order chi connectivity index (χ0) is 25.8. The second kappa shape index (κ2) is 10.8. The number of aromatic nitrogens is 1. The van der Waals surface area contributed by atoms with Crippen LogP contribution in [-0.4, -0.2) is 34.3 Å². The summed E-state index contributed by atoms with van der Waals surface area (Å²) < 4.78 is 10.9. The number of aryl methyl sites for hydroxylation is 1. The van der Waals surface area contributed by atoms with Crippen LogP contribution in [0.3, 0.4) is 0 Å². The second-order valence-corrected chi connectivity index (χ2v) is 9.19. The fourth-order valence-corrected chi connectivity index (χ4v) is 4.09. The third-order valence-corrected chi connectivity index (χ3v) is 6.34. The number of carboxylic acid groups (broad SMARTS) is 1. The monoisotopic (exact) mass is 511 g/mol. The minimum Gasteiger partial charge on any atom is -0.480 e. The molecule has 0 unspecified atom stereocenters. The standard InChI is InChI=1S/C26H26ClN3O6/c1-14-22(29-26(34)35-15(2)19-5-3-4-6-20(19)27)23(36-30-14)17-9-11-18(12-10-17)24(31)28-21(25(32)33)13-16-7-8-16/h3-6,9-12,15-16,21H,7-8,13H2,1-2H3,(H,28,31)(H,29,34)(H,32,33)/t15-,21-/m1/s1. The molecule has 0 spiro atoms. The number of rotatable bonds is 9. The Hall–Kier alpha value is -3.85. The molecule has 1 fully saturated rings. The Balaban J connectivity index is 1.43. The van der Waals surface area contributed by atoms with Gasteiger partial charge in [-0.2, -0.15) is 0 Å². The molecule has 0 bridgehead atoms. The number of anilines is 1. The first-order chi connectivity index (χ1) is 17.2. The molecule has 10 heteroatoms. The summed E-state index contributed by atoms with van der Waals surface area (Å²) in [6.45, 7) is 3.39. The van der Waals surface area contributed by atoms with Gasteiger partial charge in [0.05, 0.1) is 0 Å². The summed E-state index contributed by atoms with van der Waals surface area (Å²) in [4.78, 5) is 36.6. The van der Waals surface area contributed by atoms with Crippen LogP contribution in [0.4, 0.5) is 10.5 Å². The number of nitrogens with one attached hydrogen (secondary N) is 2. The highest BCUT2D eigenvalue weighted by atomic mass is 35.5. The van der Waals surface area contributed by atoms with Crippen molar-refractivity contribution in [1.29, 1.82) is 0 Å². The van der Waals surface area contributed by atoms with Crippen LogP contribution in [0.1, 0.15) is 53.9 Å². The van der Waals surface area contributed by atoms with Gasteiger partial charge in [-0.15, -0.1) is 0 Å². The molecular formula is C26H26ClN3O6. The molecule has 1 saturated carbocycles. The van der Waals surface area contributed by atoms with Gasteiger partial charge in [0.1, 0.15) is 23.5 Å². The van der Waals surface area contributed by atoms with Crippen molar-refractivity contribution in [3.63, 3.8) is 0 Å². The van der Waals surface area contributed by atoms with Gasteiger partial charge in [-0.05, 0) is 44.4 Å². The van der Waals surface area contributed by atoms with Gasteiger partial charge in [0.25, 0.3) is 5.91 Å². The molecule has 1 aliphatic carbocycles. The molecule has 2 atom stereocenters. The van der Waals surface area contributed by atoms with Gasteiger partial charge in [0.2, 0.25) is 0 Å². The molecule has 1 aliphatic rings. The van der Waals surface area contributed by atoms with E-state index in [-0.39, 0.29) is 0 Å². The predicted molar refractivity (Wildman–Crippen MR) is 133 cm³/mol. The van der Waals surface area contributed by atoms with Crippen LogP contribution < -0.4 is 10.6 Å². The number of carboxylic acids is 1. The number of hydrogen-bond donors (Lipinski definition) is 3. The Bertz CT molecular complexity index is 1270. The Morgan fingerprint density at radius 3 is 2.50 bits per heavy atom. The maximum absolute atomic E-state index is 12.6. The third-order valence-electron chi connectivity index (χ3n) is 6.00. The molecule has 188 valence electrons. The van der Waals surface area contributed by atoms with Crippen molar-refractivity contribution in [2.45, 2.75) is 45.3 Å². The van der Waals surface area contributed by atoms with E-state index < -0.39 is 30.1 Å². The molecule has 9 nitrogen and oxygen atoms in total. The summed E-state index contributed by atoms with van der Waals surface area (Å²) >= 11 is 6.18. The van der Waals surface area contributed by atoms with Crippen LogP contribution >= 0.6 is 11.6 Å². The molecule has 36 heavy (non-hydrogen) atoms. The van der Waals surface area contributed by atoms with Crippen LogP contribution in [0.25, 0.3) is 11.3 Å². The molecule has 0 radical (unpaired) electrons. The van der Waals surface area contributed by atoms with Gasteiger partial charge in [-0.3, -0.25) is 10.1 Å². The summed E-state index contributed by atoms with van der Waals surface area (Å²) in [5.41, 5.74) is 2.32. The van der Waals surface area contributed by atoms with Crippen molar-refractivity contribution in [3.05, 3.63) is 70.4 Å². The van der Waals surface area contributed by atoms with E-state index >= 15 is 0 Å². The summed E-state index contributed by atoms with van der Waals surface area (Å²) in [6.07, 6.45) is 1.12. The van der Waals surface area contributed by atoms with E-state index in [0.29, 0.717) is 51.2 Å². The van der Waals surface area contributed by atoms with Crippen molar-refractivity contribution >= 4 is 35.3 Å². The largest absolute Gasteiger partial charge is 0.480 e. The zero-order valence-corrected chi connectivity index (χ0v) is 20.5. The summed E-state index contributed by atoms with van der Waals surface area (Å²) in [5, 5.41) is 19.1. The van der Waals surface area contributed by atoms with E-state index in [9.17, 15) is 19.5 Å². The number of ether oxygens (including phenoxy) is 1. The van der Waals surface area contributed by atoms with Crippen LogP contribution in [-0.2, 0) is 9.53 Å². The minimum atomic E-state index is -1.05. The average molecular weight is 512 g/mol. The molecule has 0 aliphatic heterocycles. The van der Waals surface area contributed by atoms with Crippen LogP contribution in [0.2, 0.25) is 5.02 Å². The van der Waals surface area contributed by atoms with E-state index in [2.05, 4.69) is 15.8 Å². The molecule has 4 rings (SSSR count). The van der Waals surface area contributed by atoms with Crippen molar-refractivity contribution in [2.24, 2.45) is 5.92 Å². The maximum Gasteiger partial charge on any atom is 0.412 e. The lowest BCUT2D eigenvalue weighted by molar-refractivity contribution is -0.139. The Labute approximate surface area is 212 Å². The molecule has 3 N–H and O–H groups in total. The Morgan fingerprint density at radius 1 is 1.17 bits per heavy atom. The predicted octanol–water partition coefficient (Wildman–Crippen LogP) is 5.60. The Kier molecular flexibility index (Phi) is 7.59. The van der Waals surface area contributed by atoms with E-state index in [1.165, 1.54) is 0 Å². The number of carbonyl (C=O) groups is 3. The smallest absolute Gasteiger partial charge is 0.412 e. The van der Waals surface area contributed by atoms with Crippen molar-refractivity contribution in [1.82, 2.24) is 10.5 Å². The van der Waals surface area contributed by atoms with Gasteiger partial charge >= 0.3 is 12.1 Å². The van der Waals surface area contributed by atoms with Crippen molar-refractivity contribution in [2.75, 3.05) is 5.32 Å². The number of amides is 2. The topological polar surface area (TPSA) is 131 Å². The second-order valence-electron chi connectivity index (χ2n) is 8.79. The van der Waals surface area contributed by atoms with Gasteiger partial charge < -0.3 is 19.7 Å². The summed E-state index contributed by atoms with van der Waals surface area (Å²) in [6, 6.07) is 12.5. The number of nitrogens with zero attached hydrogens (tertiary/aromatic N) is 1. The lowest BCUT2D eigenvalue weighted by Crippen LogP contribution is -2.41. The highest BCUT2D eigenvalue weighted by Crippen LogP contribution is 2.34. The fourth-order valence-electron chi connectivity index (χ4n) is 3.80. The van der Waals surface area contributed by atoms with E-state index in [1.54, 1.807) is 62.4 Å². The normalized spacial score (nSPS) is 14.5. The number of aliphatic carboxylic acids is 1. The SMILES string of the molecule is Cc1noc(-c2ccc(C(=O)N[C@H](CC3CC3)C(=O)O)cc2)c1NC(=O)O[C@H](C)c1ccccc1Cl. The van der Waals surface area contributed by atoms with Crippen molar-refractivity contribution in [3.8, 4) is 11.3 Å². The first-order valence-electron chi connectivity index (χ1n) is 11.6. The number of carbonyl (C=O) groups excluding carboxylic acids is 2. The summed E-state index contributed by atoms with van der Waals surface area (Å²) in [5.74, 6) is -0.873. The number of halogens is 1. The quantitative estimate of drug-likeness (QED) is 0.341. The Morgan fingerprint density at radius 2 is 1.86 bits per heavy atom. The van der Waals surface area contributed by atoms with Crippen LogP contribution in [0, 0.1) is 12.8 Å². The highest BCUT2D eigenvalue weighted by molar-refractivity contribution is 6.31. The maximum atomic E-state index is 12.6. The third kappa shape index (κ3) is 6.04. The lowest BCUT2D eigenvalue weighted by Gasteiger charge is -2.15. The molecule has 1 aromatic heterocycles. The van der Waals surface area contributed by atoms with Crippen LogP contribution in [0.5, 0.6) is 0 Å². The minimum absolute atomic E-state index is 0.291. The van der Waals surface area contributed by atoms with E-state index in [4.69, 9.17) is 20.9 Å². The van der Waals surface area contributed by atoms with Gasteiger partial charge in [0, 0.05) is 21.7 Å². The van der Waals surface area contributed by atoms with Crippen LogP contribution in [0.15, 0.2) is 53.1 Å². The van der Waals surface area contributed by atoms with Gasteiger partial charge in [-0.1, -0.05) is 59.9 Å². The fraction of sp³-hybridized carbons (Fsp3) is 0.308. The number of benzene rings is 2. The molecule has 2 aromatic carbocycles. The lowest BCUT2D eigenvalue weighted by atomic mass is 10.1. The molecule has 3 aromatic rings. The van der Waals surface area contributed by atoms with E-state index in [1.807, 2.05) is 0 Å². The van der Waals surface area contributed by atoms with Crippen molar-refractivity contribution < 1.29 is 28.8 Å². The van der Waals surface area contributed by atoms with Gasteiger partial charge in [-0.25, -0.2) is 9.59 Å². The molecule has 1 heterocycles. The van der Waals surface area contributed by atoms with E-state index in [0.717, 1.165) is 12.8 Å².